The van der Waals surface area contributed by atoms with Crippen LogP contribution in [-0.4, -0.2) is 13.9 Å². The SMILES string of the molecule is O=S(=O)(Oc1ccc2c(c1)Oc1cc3ccccc3cc1O2)C(F)(F)F. The van der Waals surface area contributed by atoms with Crippen molar-refractivity contribution < 1.29 is 35.2 Å². The van der Waals surface area contributed by atoms with Crippen molar-refractivity contribution in [3.63, 3.8) is 0 Å². The van der Waals surface area contributed by atoms with Crippen LogP contribution in [0.5, 0.6) is 28.7 Å². The summed E-state index contributed by atoms with van der Waals surface area (Å²) in [6, 6.07) is 14.3. The molecular formula is C17H9F3O5S. The molecule has 0 saturated heterocycles. The van der Waals surface area contributed by atoms with Gasteiger partial charge >= 0.3 is 15.6 Å². The Morgan fingerprint density at radius 3 is 1.88 bits per heavy atom. The second-order valence-corrected chi connectivity index (χ2v) is 6.98. The zero-order valence-electron chi connectivity index (χ0n) is 12.8. The van der Waals surface area contributed by atoms with Crippen LogP contribution in [0.3, 0.4) is 0 Å². The standard InChI is InChI=1S/C17H9F3O5S/c18-17(19,20)26(21,22)25-12-5-6-13-16(9-12)24-15-8-11-4-2-1-3-10(11)7-14(15)23-13/h1-9H. The van der Waals surface area contributed by atoms with Gasteiger partial charge in [-0.05, 0) is 35.0 Å². The van der Waals surface area contributed by atoms with E-state index >= 15 is 0 Å². The Bertz CT molecular complexity index is 1120. The largest absolute Gasteiger partial charge is 0.534 e. The fourth-order valence-electron chi connectivity index (χ4n) is 2.47. The van der Waals surface area contributed by atoms with Crippen molar-refractivity contribution in [1.29, 1.82) is 0 Å². The Balaban J connectivity index is 1.69. The molecule has 0 fully saturated rings. The smallest absolute Gasteiger partial charge is 0.449 e. The average molecular weight is 382 g/mol. The van der Waals surface area contributed by atoms with Gasteiger partial charge in [0, 0.05) is 6.07 Å². The minimum absolute atomic E-state index is 0.0441. The lowest BCUT2D eigenvalue weighted by atomic mass is 10.1. The maximum atomic E-state index is 12.4. The van der Waals surface area contributed by atoms with Gasteiger partial charge in [0.25, 0.3) is 0 Å². The van der Waals surface area contributed by atoms with Gasteiger partial charge in [-0.25, -0.2) is 0 Å². The molecule has 0 saturated carbocycles. The van der Waals surface area contributed by atoms with Crippen molar-refractivity contribution in [1.82, 2.24) is 0 Å². The normalized spacial score (nSPS) is 13.3. The van der Waals surface area contributed by atoms with Crippen molar-refractivity contribution in [2.45, 2.75) is 5.51 Å². The van der Waals surface area contributed by atoms with Crippen molar-refractivity contribution >= 4 is 20.9 Å². The topological polar surface area (TPSA) is 61.8 Å². The summed E-state index contributed by atoms with van der Waals surface area (Å²) in [6.45, 7) is 0. The van der Waals surface area contributed by atoms with Crippen molar-refractivity contribution in [2.24, 2.45) is 0 Å². The van der Waals surface area contributed by atoms with Gasteiger partial charge in [-0.2, -0.15) is 21.6 Å². The zero-order valence-corrected chi connectivity index (χ0v) is 13.6. The van der Waals surface area contributed by atoms with Crippen LogP contribution in [0.2, 0.25) is 0 Å². The number of halogens is 3. The third kappa shape index (κ3) is 2.80. The number of rotatable bonds is 2. The Hall–Kier alpha value is -2.94. The molecule has 4 rings (SSSR count). The number of hydrogen-bond donors (Lipinski definition) is 0. The van der Waals surface area contributed by atoms with E-state index in [9.17, 15) is 21.6 Å². The van der Waals surface area contributed by atoms with Gasteiger partial charge in [-0.1, -0.05) is 24.3 Å². The van der Waals surface area contributed by atoms with Gasteiger partial charge in [-0.3, -0.25) is 0 Å². The predicted octanol–water partition coefficient (Wildman–Crippen LogP) is 4.97. The minimum Gasteiger partial charge on any atom is -0.449 e. The Labute approximate surface area is 145 Å². The molecule has 3 aromatic rings. The molecular weight excluding hydrogens is 373 g/mol. The highest BCUT2D eigenvalue weighted by molar-refractivity contribution is 7.88. The van der Waals surface area contributed by atoms with Crippen LogP contribution in [0, 0.1) is 0 Å². The van der Waals surface area contributed by atoms with Gasteiger partial charge in [0.05, 0.1) is 0 Å². The lowest BCUT2D eigenvalue weighted by Crippen LogP contribution is -2.28. The first-order chi connectivity index (χ1) is 12.2. The van der Waals surface area contributed by atoms with Gasteiger partial charge < -0.3 is 13.7 Å². The Morgan fingerprint density at radius 2 is 1.31 bits per heavy atom. The van der Waals surface area contributed by atoms with Crippen molar-refractivity contribution in [3.05, 3.63) is 54.6 Å². The molecule has 0 spiro atoms. The fourth-order valence-corrected chi connectivity index (χ4v) is 2.92. The summed E-state index contributed by atoms with van der Waals surface area (Å²) >= 11 is 0. The molecule has 0 aromatic heterocycles. The zero-order chi connectivity index (χ0) is 18.5. The van der Waals surface area contributed by atoms with Crippen LogP contribution < -0.4 is 13.7 Å². The summed E-state index contributed by atoms with van der Waals surface area (Å²) in [4.78, 5) is 0. The summed E-state index contributed by atoms with van der Waals surface area (Å²) in [6.07, 6.45) is 0. The van der Waals surface area contributed by atoms with E-state index in [0.29, 0.717) is 11.5 Å². The quantitative estimate of drug-likeness (QED) is 0.362. The van der Waals surface area contributed by atoms with Crippen LogP contribution in [0.1, 0.15) is 0 Å². The molecule has 0 bridgehead atoms. The van der Waals surface area contributed by atoms with Gasteiger partial charge in [-0.15, -0.1) is 0 Å². The number of benzene rings is 3. The van der Waals surface area contributed by atoms with E-state index in [-0.39, 0.29) is 11.5 Å². The van der Waals surface area contributed by atoms with E-state index < -0.39 is 21.4 Å². The van der Waals surface area contributed by atoms with E-state index in [1.807, 2.05) is 24.3 Å². The fraction of sp³-hybridized carbons (Fsp3) is 0.0588. The lowest BCUT2D eigenvalue weighted by molar-refractivity contribution is -0.0500. The van der Waals surface area contributed by atoms with Crippen LogP contribution in [-0.2, 0) is 10.1 Å². The van der Waals surface area contributed by atoms with E-state index in [1.165, 1.54) is 6.07 Å². The van der Waals surface area contributed by atoms with Crippen LogP contribution in [0.15, 0.2) is 54.6 Å². The van der Waals surface area contributed by atoms with Crippen LogP contribution in [0.25, 0.3) is 10.8 Å². The summed E-state index contributed by atoms with van der Waals surface area (Å²) in [7, 11) is -5.76. The summed E-state index contributed by atoms with van der Waals surface area (Å²) in [5.74, 6) is 0.529. The second kappa shape index (κ2) is 5.53. The summed E-state index contributed by atoms with van der Waals surface area (Å²) < 4.78 is 75.0. The maximum absolute atomic E-state index is 12.4. The molecule has 0 N–H and O–H groups in total. The molecule has 0 atom stereocenters. The summed E-state index contributed by atoms with van der Waals surface area (Å²) in [5, 5.41) is 1.81. The van der Waals surface area contributed by atoms with Gasteiger partial charge in [0.2, 0.25) is 0 Å². The number of ether oxygens (including phenoxy) is 2. The predicted molar refractivity (Wildman–Crippen MR) is 86.1 cm³/mol. The minimum atomic E-state index is -5.76. The number of alkyl halides is 3. The molecule has 9 heteroatoms. The molecule has 5 nitrogen and oxygen atoms in total. The molecule has 1 heterocycles. The molecule has 3 aromatic carbocycles. The molecule has 26 heavy (non-hydrogen) atoms. The van der Waals surface area contributed by atoms with Crippen LogP contribution in [0.4, 0.5) is 13.2 Å². The molecule has 1 aliphatic heterocycles. The highest BCUT2D eigenvalue weighted by Gasteiger charge is 2.48. The lowest BCUT2D eigenvalue weighted by Gasteiger charge is -2.21. The van der Waals surface area contributed by atoms with Crippen molar-refractivity contribution in [2.75, 3.05) is 0 Å². The molecule has 0 aliphatic carbocycles. The Morgan fingerprint density at radius 1 is 0.769 bits per heavy atom. The highest BCUT2D eigenvalue weighted by atomic mass is 32.2. The van der Waals surface area contributed by atoms with E-state index in [1.54, 1.807) is 12.1 Å². The monoisotopic (exact) mass is 382 g/mol. The third-order valence-corrected chi connectivity index (χ3v) is 4.64. The first-order valence-electron chi connectivity index (χ1n) is 7.26. The summed E-state index contributed by atoms with van der Waals surface area (Å²) in [5.41, 5.74) is -5.52. The molecule has 0 radical (unpaired) electrons. The molecule has 0 amide bonds. The van der Waals surface area contributed by atoms with E-state index in [0.717, 1.165) is 22.9 Å². The number of fused-ring (bicyclic) bond motifs is 3. The molecule has 1 aliphatic rings. The second-order valence-electron chi connectivity index (χ2n) is 5.44. The first kappa shape index (κ1) is 16.5. The van der Waals surface area contributed by atoms with Gasteiger partial charge in [0.15, 0.2) is 23.0 Å². The van der Waals surface area contributed by atoms with E-state index in [4.69, 9.17) is 9.47 Å². The maximum Gasteiger partial charge on any atom is 0.534 e. The van der Waals surface area contributed by atoms with Crippen LogP contribution >= 0.6 is 0 Å². The molecule has 0 unspecified atom stereocenters. The van der Waals surface area contributed by atoms with Crippen molar-refractivity contribution in [3.8, 4) is 28.7 Å². The highest BCUT2D eigenvalue weighted by Crippen LogP contribution is 2.48. The van der Waals surface area contributed by atoms with Gasteiger partial charge in [0.1, 0.15) is 5.75 Å². The average Bonchev–Trinajstić information content (AvgIpc) is 2.56. The third-order valence-electron chi connectivity index (χ3n) is 3.66. The molecule has 134 valence electrons. The Kier molecular flexibility index (Phi) is 3.52. The van der Waals surface area contributed by atoms with E-state index in [2.05, 4.69) is 4.18 Å². The first-order valence-corrected chi connectivity index (χ1v) is 8.67. The number of hydrogen-bond acceptors (Lipinski definition) is 5.